The topological polar surface area (TPSA) is 86.3 Å². The number of nitrogens with zero attached hydrogens (tertiary/aromatic N) is 4. The van der Waals surface area contributed by atoms with Crippen LogP contribution in [-0.2, 0) is 6.54 Å². The van der Waals surface area contributed by atoms with E-state index in [1.54, 1.807) is 6.20 Å². The van der Waals surface area contributed by atoms with E-state index in [1.807, 2.05) is 37.6 Å². The highest BCUT2D eigenvalue weighted by Gasteiger charge is 2.23. The molecule has 2 aromatic heterocycles. The molecule has 8 nitrogen and oxygen atoms in total. The summed E-state index contributed by atoms with van der Waals surface area (Å²) in [4.78, 5) is 33.9. The van der Waals surface area contributed by atoms with Gasteiger partial charge in [0.15, 0.2) is 0 Å². The number of amides is 1. The van der Waals surface area contributed by atoms with Gasteiger partial charge in [-0.2, -0.15) is 5.10 Å². The molecule has 0 atom stereocenters. The summed E-state index contributed by atoms with van der Waals surface area (Å²) in [5.41, 5.74) is 5.17. The number of likely N-dealkylation sites (N-methyl/N-ethyl adjacent to an activating group) is 1. The van der Waals surface area contributed by atoms with Crippen LogP contribution in [0.5, 0.6) is 0 Å². The second-order valence-electron chi connectivity index (χ2n) is 10.6. The Hall–Kier alpha value is -3.65. The molecule has 3 heterocycles. The summed E-state index contributed by atoms with van der Waals surface area (Å²) in [5.74, 6) is -0.115. The molecule has 4 aromatic rings. The Balaban J connectivity index is 0.00000151. The predicted octanol–water partition coefficient (Wildman–Crippen LogP) is 5.01. The number of aromatic amines is 1. The van der Waals surface area contributed by atoms with Crippen LogP contribution >= 0.6 is 0 Å². The van der Waals surface area contributed by atoms with E-state index in [2.05, 4.69) is 56.5 Å². The number of rotatable bonds is 5. The third-order valence-electron chi connectivity index (χ3n) is 8.06. The number of pyridine rings is 1. The molecule has 0 spiro atoms. The van der Waals surface area contributed by atoms with Gasteiger partial charge in [-0.15, -0.1) is 0 Å². The molecule has 39 heavy (non-hydrogen) atoms. The maximum Gasteiger partial charge on any atom is 0.259 e. The third kappa shape index (κ3) is 5.43. The SMILES string of the molecule is CC.Cc1cc2[nH]c(=O)c3cnn(C4CCCC4)c3c2cc1C(=O)NCc1cccc(N2CCN(C)CC2)c1. The van der Waals surface area contributed by atoms with Gasteiger partial charge in [-0.3, -0.25) is 14.3 Å². The molecule has 1 saturated heterocycles. The lowest BCUT2D eigenvalue weighted by molar-refractivity contribution is 0.0950. The summed E-state index contributed by atoms with van der Waals surface area (Å²) in [6, 6.07) is 12.6. The van der Waals surface area contributed by atoms with Crippen molar-refractivity contribution in [2.75, 3.05) is 38.1 Å². The number of piperazine rings is 1. The van der Waals surface area contributed by atoms with Gasteiger partial charge in [0.05, 0.1) is 28.7 Å². The molecule has 2 aromatic carbocycles. The van der Waals surface area contributed by atoms with Crippen LogP contribution in [0.15, 0.2) is 47.4 Å². The number of hydrogen-bond donors (Lipinski definition) is 2. The van der Waals surface area contributed by atoms with E-state index in [4.69, 9.17) is 0 Å². The van der Waals surface area contributed by atoms with Crippen molar-refractivity contribution < 1.29 is 4.79 Å². The van der Waals surface area contributed by atoms with Crippen molar-refractivity contribution in [1.29, 1.82) is 0 Å². The molecule has 1 amide bonds. The molecule has 2 aliphatic rings. The molecule has 8 heteroatoms. The molecule has 0 unspecified atom stereocenters. The maximum absolute atomic E-state index is 13.4. The van der Waals surface area contributed by atoms with E-state index in [-0.39, 0.29) is 11.5 Å². The van der Waals surface area contributed by atoms with Crippen molar-refractivity contribution in [3.05, 3.63) is 69.6 Å². The fraction of sp³-hybridized carbons (Fsp3) is 0.452. The Morgan fingerprint density at radius 3 is 2.54 bits per heavy atom. The number of H-pyrrole nitrogens is 1. The van der Waals surface area contributed by atoms with Crippen molar-refractivity contribution in [3.63, 3.8) is 0 Å². The van der Waals surface area contributed by atoms with Crippen LogP contribution in [-0.4, -0.2) is 58.8 Å². The second-order valence-corrected chi connectivity index (χ2v) is 10.6. The molecule has 1 aliphatic heterocycles. The summed E-state index contributed by atoms with van der Waals surface area (Å²) in [7, 11) is 2.16. The fourth-order valence-corrected chi connectivity index (χ4v) is 5.87. The van der Waals surface area contributed by atoms with Gasteiger partial charge >= 0.3 is 0 Å². The zero-order chi connectivity index (χ0) is 27.5. The summed E-state index contributed by atoms with van der Waals surface area (Å²) in [6.07, 6.45) is 6.15. The summed E-state index contributed by atoms with van der Waals surface area (Å²) >= 11 is 0. The first kappa shape index (κ1) is 26.9. The highest BCUT2D eigenvalue weighted by atomic mass is 16.1. The van der Waals surface area contributed by atoms with E-state index in [9.17, 15) is 9.59 Å². The van der Waals surface area contributed by atoms with Crippen molar-refractivity contribution in [2.45, 2.75) is 59.0 Å². The molecule has 6 rings (SSSR count). The van der Waals surface area contributed by atoms with Crippen molar-refractivity contribution in [2.24, 2.45) is 0 Å². The second kappa shape index (κ2) is 11.6. The average molecular weight is 529 g/mol. The molecule has 1 saturated carbocycles. The van der Waals surface area contributed by atoms with Gasteiger partial charge < -0.3 is 20.1 Å². The highest BCUT2D eigenvalue weighted by Crippen LogP contribution is 2.33. The number of nitrogens with one attached hydrogen (secondary N) is 2. The zero-order valence-corrected chi connectivity index (χ0v) is 23.6. The Labute approximate surface area is 230 Å². The fourth-order valence-electron chi connectivity index (χ4n) is 5.87. The van der Waals surface area contributed by atoms with Crippen LogP contribution in [0.1, 0.15) is 67.1 Å². The first-order valence-corrected chi connectivity index (χ1v) is 14.3. The molecule has 206 valence electrons. The van der Waals surface area contributed by atoms with Crippen LogP contribution in [0.25, 0.3) is 21.8 Å². The van der Waals surface area contributed by atoms with Crippen molar-refractivity contribution >= 4 is 33.4 Å². The van der Waals surface area contributed by atoms with E-state index in [1.165, 1.54) is 18.5 Å². The molecule has 2 N–H and O–H groups in total. The molecule has 0 radical (unpaired) electrons. The molecule has 1 aliphatic carbocycles. The van der Waals surface area contributed by atoms with E-state index >= 15 is 0 Å². The Morgan fingerprint density at radius 1 is 1.05 bits per heavy atom. The quantitative estimate of drug-likeness (QED) is 0.380. The number of fused-ring (bicyclic) bond motifs is 3. The molecular weight excluding hydrogens is 488 g/mol. The van der Waals surface area contributed by atoms with Gasteiger partial charge in [0, 0.05) is 49.4 Å². The maximum atomic E-state index is 13.4. The van der Waals surface area contributed by atoms with Gasteiger partial charge in [-0.25, -0.2) is 0 Å². The van der Waals surface area contributed by atoms with Crippen molar-refractivity contribution in [3.8, 4) is 0 Å². The first-order chi connectivity index (χ1) is 19.0. The monoisotopic (exact) mass is 528 g/mol. The lowest BCUT2D eigenvalue weighted by Crippen LogP contribution is -2.44. The Bertz CT molecular complexity index is 1520. The van der Waals surface area contributed by atoms with Gasteiger partial charge in [-0.1, -0.05) is 38.8 Å². The molecule has 2 fully saturated rings. The van der Waals surface area contributed by atoms with Crippen LogP contribution in [0, 0.1) is 6.92 Å². The Kier molecular flexibility index (Phi) is 8.02. The van der Waals surface area contributed by atoms with Crippen LogP contribution in [0.4, 0.5) is 5.69 Å². The number of carbonyl (C=O) groups is 1. The highest BCUT2D eigenvalue weighted by molar-refractivity contribution is 6.07. The standard InChI is InChI=1S/C29H34N6O2.C2H6/c1-19-14-26-24(27-25(29(37)32-26)18-31-35(27)21-7-3-4-8-21)16-23(19)28(36)30-17-20-6-5-9-22(15-20)34-12-10-33(2)11-13-34;1-2/h5-6,9,14-16,18,21H,3-4,7-8,10-13,17H2,1-2H3,(H,30,36)(H,32,37);1-2H3. The number of carbonyl (C=O) groups excluding carboxylic acids is 1. The van der Waals surface area contributed by atoms with Gasteiger partial charge in [0.25, 0.3) is 11.5 Å². The number of aryl methyl sites for hydroxylation is 1. The summed E-state index contributed by atoms with van der Waals surface area (Å²) in [5, 5.41) is 9.17. The Morgan fingerprint density at radius 2 is 1.79 bits per heavy atom. The third-order valence-corrected chi connectivity index (χ3v) is 8.06. The number of benzene rings is 2. The first-order valence-electron chi connectivity index (χ1n) is 14.3. The zero-order valence-electron chi connectivity index (χ0n) is 23.6. The minimum absolute atomic E-state index is 0.115. The van der Waals surface area contributed by atoms with Gasteiger partial charge in [0.1, 0.15) is 0 Å². The normalized spacial score (nSPS) is 16.5. The van der Waals surface area contributed by atoms with Crippen LogP contribution in [0.3, 0.4) is 0 Å². The smallest absolute Gasteiger partial charge is 0.259 e. The van der Waals surface area contributed by atoms with E-state index < -0.39 is 0 Å². The van der Waals surface area contributed by atoms with Gasteiger partial charge in [0.2, 0.25) is 0 Å². The minimum Gasteiger partial charge on any atom is -0.369 e. The lowest BCUT2D eigenvalue weighted by atomic mass is 10.0. The van der Waals surface area contributed by atoms with Crippen LogP contribution in [0.2, 0.25) is 0 Å². The average Bonchev–Trinajstić information content (AvgIpc) is 3.64. The number of hydrogen-bond acceptors (Lipinski definition) is 5. The predicted molar refractivity (Wildman–Crippen MR) is 159 cm³/mol. The lowest BCUT2D eigenvalue weighted by Gasteiger charge is -2.34. The van der Waals surface area contributed by atoms with Crippen molar-refractivity contribution in [1.82, 2.24) is 25.0 Å². The van der Waals surface area contributed by atoms with E-state index in [0.29, 0.717) is 23.5 Å². The molecular formula is C31H40N6O2. The van der Waals surface area contributed by atoms with Crippen LogP contribution < -0.4 is 15.8 Å². The summed E-state index contributed by atoms with van der Waals surface area (Å²) < 4.78 is 2.01. The minimum atomic E-state index is -0.136. The number of aromatic nitrogens is 3. The van der Waals surface area contributed by atoms with Gasteiger partial charge in [-0.05, 0) is 62.2 Å². The van der Waals surface area contributed by atoms with E-state index in [0.717, 1.165) is 66.6 Å². The molecule has 0 bridgehead atoms. The largest absolute Gasteiger partial charge is 0.369 e. The summed E-state index contributed by atoms with van der Waals surface area (Å²) in [6.45, 7) is 10.5. The number of anilines is 1.